The molecular weight excluding hydrogens is 554 g/mol. The molecule has 2 saturated carbocycles. The smallest absolute Gasteiger partial charge is 0.257 e. The first-order valence-corrected chi connectivity index (χ1v) is 15.8. The van der Waals surface area contributed by atoms with Crippen LogP contribution in [-0.4, -0.2) is 48.7 Å². The van der Waals surface area contributed by atoms with Crippen molar-refractivity contribution < 1.29 is 14.6 Å². The molecule has 2 N–H and O–H groups in total. The van der Waals surface area contributed by atoms with Crippen molar-refractivity contribution in [3.05, 3.63) is 93.5 Å². The summed E-state index contributed by atoms with van der Waals surface area (Å²) in [7, 11) is 0. The minimum atomic E-state index is -0.697. The SMILES string of the molecule is CCCc1c(Cc2ccc(-c3ccccc3)c(C3=NNC(=O)C3)c2)c(=O)n(C2CCC(O[C@@H]3C[C@@]3(C)O)CC2)c2ccnn12. The van der Waals surface area contributed by atoms with E-state index in [0.717, 1.165) is 77.7 Å². The number of carbonyl (C=O) groups is 1. The van der Waals surface area contributed by atoms with Crippen LogP contribution in [-0.2, 0) is 22.4 Å². The Morgan fingerprint density at radius 1 is 1.05 bits per heavy atom. The van der Waals surface area contributed by atoms with Gasteiger partial charge in [-0.1, -0.05) is 55.8 Å². The van der Waals surface area contributed by atoms with Gasteiger partial charge in [-0.3, -0.25) is 14.2 Å². The summed E-state index contributed by atoms with van der Waals surface area (Å²) in [4.78, 5) is 26.6. The van der Waals surface area contributed by atoms with Crippen molar-refractivity contribution in [2.45, 2.75) is 95.5 Å². The quantitative estimate of drug-likeness (QED) is 0.285. The average molecular weight is 594 g/mol. The Morgan fingerprint density at radius 2 is 1.82 bits per heavy atom. The Balaban J connectivity index is 1.25. The number of ether oxygens (including phenoxy) is 1. The Labute approximate surface area is 256 Å². The van der Waals surface area contributed by atoms with Crippen LogP contribution in [0.25, 0.3) is 16.8 Å². The van der Waals surface area contributed by atoms with Crippen molar-refractivity contribution in [2.24, 2.45) is 5.10 Å². The number of carbonyl (C=O) groups excluding carboxylic acids is 1. The second kappa shape index (κ2) is 11.4. The van der Waals surface area contributed by atoms with Crippen molar-refractivity contribution in [3.8, 4) is 11.1 Å². The third-order valence-corrected chi connectivity index (χ3v) is 9.44. The van der Waals surface area contributed by atoms with Crippen molar-refractivity contribution >= 4 is 17.3 Å². The van der Waals surface area contributed by atoms with Gasteiger partial charge in [0.2, 0.25) is 5.91 Å². The summed E-state index contributed by atoms with van der Waals surface area (Å²) in [6, 6.07) is 18.3. The van der Waals surface area contributed by atoms with Crippen molar-refractivity contribution in [2.75, 3.05) is 0 Å². The summed E-state index contributed by atoms with van der Waals surface area (Å²) in [5.41, 5.74) is 9.13. The lowest BCUT2D eigenvalue weighted by molar-refractivity contribution is -0.119. The molecular formula is C35H39N5O4. The lowest BCUT2D eigenvalue weighted by atomic mass is 9.91. The number of benzene rings is 2. The molecule has 2 atom stereocenters. The van der Waals surface area contributed by atoms with Crippen LogP contribution >= 0.6 is 0 Å². The summed E-state index contributed by atoms with van der Waals surface area (Å²) < 4.78 is 10.1. The molecule has 7 rings (SSSR count). The van der Waals surface area contributed by atoms with Gasteiger partial charge in [0.05, 0.1) is 41.8 Å². The zero-order chi connectivity index (χ0) is 30.4. The first kappa shape index (κ1) is 28.7. The van der Waals surface area contributed by atoms with Gasteiger partial charge in [0.15, 0.2) is 0 Å². The molecule has 228 valence electrons. The minimum absolute atomic E-state index is 0.0414. The van der Waals surface area contributed by atoms with Gasteiger partial charge in [0.1, 0.15) is 5.65 Å². The Hall–Kier alpha value is -4.08. The topological polar surface area (TPSA) is 110 Å². The molecule has 0 bridgehead atoms. The fraction of sp³-hybridized carbons (Fsp3) is 0.429. The second-order valence-electron chi connectivity index (χ2n) is 12.8. The van der Waals surface area contributed by atoms with E-state index in [-0.39, 0.29) is 36.1 Å². The number of hydrogen-bond donors (Lipinski definition) is 2. The van der Waals surface area contributed by atoms with Gasteiger partial charge in [0, 0.05) is 36.1 Å². The Kier molecular flexibility index (Phi) is 7.46. The molecule has 0 radical (unpaired) electrons. The largest absolute Gasteiger partial charge is 0.387 e. The van der Waals surface area contributed by atoms with Crippen LogP contribution in [0.5, 0.6) is 0 Å². The average Bonchev–Trinajstić information content (AvgIpc) is 3.37. The fourth-order valence-corrected chi connectivity index (χ4v) is 6.92. The molecule has 3 heterocycles. The minimum Gasteiger partial charge on any atom is -0.387 e. The van der Waals surface area contributed by atoms with E-state index in [1.165, 1.54) is 0 Å². The van der Waals surface area contributed by atoms with Gasteiger partial charge in [-0.2, -0.15) is 10.2 Å². The maximum Gasteiger partial charge on any atom is 0.257 e. The highest BCUT2D eigenvalue weighted by molar-refractivity contribution is 6.16. The molecule has 44 heavy (non-hydrogen) atoms. The molecule has 2 fully saturated rings. The molecule has 0 spiro atoms. The molecule has 2 aromatic carbocycles. The van der Waals surface area contributed by atoms with Gasteiger partial charge in [-0.15, -0.1) is 0 Å². The maximum atomic E-state index is 14.5. The number of aryl methyl sites for hydroxylation is 1. The monoisotopic (exact) mass is 593 g/mol. The Bertz CT molecular complexity index is 1800. The number of rotatable bonds is 9. The summed E-state index contributed by atoms with van der Waals surface area (Å²) in [5, 5.41) is 19.2. The molecule has 4 aromatic rings. The van der Waals surface area contributed by atoms with Crippen LogP contribution in [0.15, 0.2) is 70.7 Å². The molecule has 9 nitrogen and oxygen atoms in total. The van der Waals surface area contributed by atoms with Crippen LogP contribution in [0.3, 0.4) is 0 Å². The summed E-state index contributed by atoms with van der Waals surface area (Å²) in [5.74, 6) is -0.121. The number of aliphatic hydroxyl groups is 1. The lowest BCUT2D eigenvalue weighted by Gasteiger charge is -2.31. The molecule has 0 unspecified atom stereocenters. The zero-order valence-corrected chi connectivity index (χ0v) is 25.3. The maximum absolute atomic E-state index is 14.5. The molecule has 3 aliphatic rings. The van der Waals surface area contributed by atoms with Crippen LogP contribution in [0.2, 0.25) is 0 Å². The van der Waals surface area contributed by atoms with E-state index >= 15 is 0 Å². The van der Waals surface area contributed by atoms with E-state index in [1.807, 2.05) is 40.3 Å². The highest BCUT2D eigenvalue weighted by Gasteiger charge is 2.51. The second-order valence-corrected chi connectivity index (χ2v) is 12.8. The number of amides is 1. The van der Waals surface area contributed by atoms with Gasteiger partial charge >= 0.3 is 0 Å². The van der Waals surface area contributed by atoms with E-state index in [9.17, 15) is 14.7 Å². The van der Waals surface area contributed by atoms with E-state index in [1.54, 1.807) is 6.20 Å². The summed E-state index contributed by atoms with van der Waals surface area (Å²) in [6.07, 6.45) is 8.21. The van der Waals surface area contributed by atoms with Gasteiger partial charge in [-0.25, -0.2) is 9.94 Å². The first-order chi connectivity index (χ1) is 21.3. The van der Waals surface area contributed by atoms with E-state index < -0.39 is 5.60 Å². The number of hydrazone groups is 1. The van der Waals surface area contributed by atoms with Gasteiger partial charge in [0.25, 0.3) is 5.56 Å². The summed E-state index contributed by atoms with van der Waals surface area (Å²) in [6.45, 7) is 3.95. The molecule has 2 aromatic heterocycles. The van der Waals surface area contributed by atoms with Crippen LogP contribution in [0.4, 0.5) is 0 Å². The highest BCUT2D eigenvalue weighted by Crippen LogP contribution is 2.41. The normalized spacial score (nSPS) is 24.8. The number of nitrogens with one attached hydrogen (secondary N) is 1. The summed E-state index contributed by atoms with van der Waals surface area (Å²) >= 11 is 0. The lowest BCUT2D eigenvalue weighted by Crippen LogP contribution is -2.35. The molecule has 9 heteroatoms. The van der Waals surface area contributed by atoms with Gasteiger partial charge in [-0.05, 0) is 61.8 Å². The predicted octanol–water partition coefficient (Wildman–Crippen LogP) is 4.95. The Morgan fingerprint density at radius 3 is 2.50 bits per heavy atom. The van der Waals surface area contributed by atoms with E-state index in [2.05, 4.69) is 47.8 Å². The number of fused-ring (bicyclic) bond motifs is 1. The number of aromatic nitrogens is 3. The van der Waals surface area contributed by atoms with Crippen LogP contribution in [0.1, 0.15) is 87.2 Å². The van der Waals surface area contributed by atoms with Crippen molar-refractivity contribution in [1.82, 2.24) is 19.6 Å². The predicted molar refractivity (Wildman–Crippen MR) is 169 cm³/mol. The third kappa shape index (κ3) is 5.39. The third-order valence-electron chi connectivity index (χ3n) is 9.44. The van der Waals surface area contributed by atoms with Gasteiger partial charge < -0.3 is 9.84 Å². The van der Waals surface area contributed by atoms with E-state index in [0.29, 0.717) is 18.6 Å². The zero-order valence-electron chi connectivity index (χ0n) is 25.3. The number of hydrogen-bond acceptors (Lipinski definition) is 6. The standard InChI is InChI=1S/C35H39N5O4/c1-3-7-30-28(19-22-10-15-26(23-8-5-4-6-9-23)27(18-22)29-20-32(41)38-37-29)34(42)39(33-16-17-36-40(30)33)24-11-13-25(14-12-24)44-31-21-35(31,2)43/h4-6,8-10,15-18,24-25,31,43H,3,7,11-14,19-21H2,1-2H3,(H,38,41)/t24?,25?,31-,35-/m1/s1. The molecule has 2 aliphatic carbocycles. The van der Waals surface area contributed by atoms with Crippen LogP contribution in [0, 0.1) is 0 Å². The van der Waals surface area contributed by atoms with Crippen LogP contribution < -0.4 is 11.0 Å². The van der Waals surface area contributed by atoms with E-state index in [4.69, 9.17) is 9.84 Å². The highest BCUT2D eigenvalue weighted by atomic mass is 16.5. The first-order valence-electron chi connectivity index (χ1n) is 15.8. The number of nitrogens with zero attached hydrogens (tertiary/aromatic N) is 4. The molecule has 1 amide bonds. The van der Waals surface area contributed by atoms with Crippen molar-refractivity contribution in [3.63, 3.8) is 0 Å². The van der Waals surface area contributed by atoms with Crippen molar-refractivity contribution in [1.29, 1.82) is 0 Å². The molecule has 1 aliphatic heterocycles. The molecule has 0 saturated heterocycles. The fourth-order valence-electron chi connectivity index (χ4n) is 6.92.